The largest absolute Gasteiger partial charge is 0.379 e. The molecule has 1 N–H and O–H groups in total. The lowest BCUT2D eigenvalue weighted by atomic mass is 9.89. The fraction of sp³-hybridized carbons (Fsp3) is 0.650. The molecule has 138 valence electrons. The third-order valence-corrected chi connectivity index (χ3v) is 5.74. The van der Waals surface area contributed by atoms with Crippen LogP contribution in [0.5, 0.6) is 0 Å². The van der Waals surface area contributed by atoms with Gasteiger partial charge >= 0.3 is 0 Å². The number of likely N-dealkylation sites (tertiary alicyclic amines) is 1. The molecule has 2 heterocycles. The predicted molar refractivity (Wildman–Crippen MR) is 99.5 cm³/mol. The fourth-order valence-corrected chi connectivity index (χ4v) is 3.94. The molecule has 0 unspecified atom stereocenters. The molecule has 3 rings (SSSR count). The van der Waals surface area contributed by atoms with Crippen molar-refractivity contribution in [2.75, 3.05) is 45.9 Å². The number of morpholine rings is 1. The number of carbonyl (C=O) groups is 1. The SMILES string of the molecule is C[C@@H](CNC(=O)[C@](C)(c1ccccc1)N1CCCC1)N1CCOCC1. The number of amides is 1. The Morgan fingerprint density at radius 2 is 1.80 bits per heavy atom. The van der Waals surface area contributed by atoms with Gasteiger partial charge in [-0.2, -0.15) is 0 Å². The van der Waals surface area contributed by atoms with E-state index in [9.17, 15) is 4.79 Å². The van der Waals surface area contributed by atoms with Crippen LogP contribution in [0.4, 0.5) is 0 Å². The van der Waals surface area contributed by atoms with Crippen LogP contribution in [-0.2, 0) is 15.1 Å². The Labute approximate surface area is 151 Å². The van der Waals surface area contributed by atoms with Gasteiger partial charge < -0.3 is 10.1 Å². The van der Waals surface area contributed by atoms with Crippen LogP contribution in [0.2, 0.25) is 0 Å². The molecule has 5 nitrogen and oxygen atoms in total. The molecule has 0 aromatic heterocycles. The van der Waals surface area contributed by atoms with Gasteiger partial charge in [0.25, 0.3) is 0 Å². The van der Waals surface area contributed by atoms with Gasteiger partial charge in [-0.3, -0.25) is 14.6 Å². The predicted octanol–water partition coefficient (Wildman–Crippen LogP) is 1.83. The minimum Gasteiger partial charge on any atom is -0.379 e. The summed E-state index contributed by atoms with van der Waals surface area (Å²) < 4.78 is 5.42. The average Bonchev–Trinajstić information content (AvgIpc) is 3.21. The maximum absolute atomic E-state index is 13.2. The van der Waals surface area contributed by atoms with Crippen LogP contribution in [0.25, 0.3) is 0 Å². The van der Waals surface area contributed by atoms with Gasteiger partial charge in [0.2, 0.25) is 5.91 Å². The summed E-state index contributed by atoms with van der Waals surface area (Å²) in [5.74, 6) is 0.112. The van der Waals surface area contributed by atoms with Gasteiger partial charge in [-0.1, -0.05) is 30.3 Å². The maximum atomic E-state index is 13.2. The molecule has 0 spiro atoms. The second-order valence-corrected chi connectivity index (χ2v) is 7.34. The van der Waals surface area contributed by atoms with E-state index in [0.29, 0.717) is 12.6 Å². The summed E-state index contributed by atoms with van der Waals surface area (Å²) in [6.07, 6.45) is 2.33. The van der Waals surface area contributed by atoms with Crippen molar-refractivity contribution in [1.29, 1.82) is 0 Å². The van der Waals surface area contributed by atoms with E-state index >= 15 is 0 Å². The highest BCUT2D eigenvalue weighted by molar-refractivity contribution is 5.87. The molecule has 2 atom stereocenters. The quantitative estimate of drug-likeness (QED) is 0.854. The minimum atomic E-state index is -0.595. The molecule has 25 heavy (non-hydrogen) atoms. The third kappa shape index (κ3) is 4.05. The van der Waals surface area contributed by atoms with E-state index in [2.05, 4.69) is 41.1 Å². The average molecular weight is 345 g/mol. The first-order valence-electron chi connectivity index (χ1n) is 9.53. The van der Waals surface area contributed by atoms with Crippen LogP contribution >= 0.6 is 0 Å². The third-order valence-electron chi connectivity index (χ3n) is 5.74. The van der Waals surface area contributed by atoms with E-state index < -0.39 is 5.54 Å². The zero-order valence-corrected chi connectivity index (χ0v) is 15.5. The maximum Gasteiger partial charge on any atom is 0.244 e. The molecule has 0 bridgehead atoms. The summed E-state index contributed by atoms with van der Waals surface area (Å²) in [5.41, 5.74) is 0.482. The molecule has 5 heteroatoms. The van der Waals surface area contributed by atoms with Crippen LogP contribution in [0.1, 0.15) is 32.3 Å². The Hall–Kier alpha value is -1.43. The molecule has 1 aromatic carbocycles. The lowest BCUT2D eigenvalue weighted by molar-refractivity contribution is -0.133. The highest BCUT2D eigenvalue weighted by atomic mass is 16.5. The molecular formula is C20H31N3O2. The Morgan fingerprint density at radius 1 is 1.16 bits per heavy atom. The van der Waals surface area contributed by atoms with Crippen molar-refractivity contribution in [3.8, 4) is 0 Å². The Balaban J connectivity index is 1.69. The number of benzene rings is 1. The topological polar surface area (TPSA) is 44.8 Å². The summed E-state index contributed by atoms with van der Waals surface area (Å²) in [5, 5.41) is 3.23. The van der Waals surface area contributed by atoms with Gasteiger partial charge in [-0.15, -0.1) is 0 Å². The standard InChI is InChI=1S/C20H31N3O2/c1-17(22-12-14-25-15-13-22)16-21-19(24)20(2,23-10-6-7-11-23)18-8-4-3-5-9-18/h3-5,8-9,17H,6-7,10-16H2,1-2H3,(H,21,24)/t17-,20-/m0/s1. The lowest BCUT2D eigenvalue weighted by Crippen LogP contribution is -2.56. The van der Waals surface area contributed by atoms with E-state index in [1.54, 1.807) is 0 Å². The molecule has 2 aliphatic rings. The number of nitrogens with zero attached hydrogens (tertiary/aromatic N) is 2. The van der Waals surface area contributed by atoms with Crippen LogP contribution in [-0.4, -0.2) is 67.7 Å². The van der Waals surface area contributed by atoms with E-state index in [1.165, 1.54) is 12.8 Å². The first-order chi connectivity index (χ1) is 12.1. The van der Waals surface area contributed by atoms with E-state index in [0.717, 1.165) is 45.0 Å². The van der Waals surface area contributed by atoms with E-state index in [-0.39, 0.29) is 5.91 Å². The fourth-order valence-electron chi connectivity index (χ4n) is 3.94. The number of ether oxygens (including phenoxy) is 1. The van der Waals surface area contributed by atoms with Crippen molar-refractivity contribution in [2.24, 2.45) is 0 Å². The monoisotopic (exact) mass is 345 g/mol. The number of hydrogen-bond acceptors (Lipinski definition) is 4. The number of hydrogen-bond donors (Lipinski definition) is 1. The minimum absolute atomic E-state index is 0.112. The number of nitrogens with one attached hydrogen (secondary N) is 1. The van der Waals surface area contributed by atoms with Crippen molar-refractivity contribution in [1.82, 2.24) is 15.1 Å². The molecule has 1 amide bonds. The Kier molecular flexibility index (Phi) is 6.10. The first kappa shape index (κ1) is 18.4. The molecule has 2 aliphatic heterocycles. The zero-order valence-electron chi connectivity index (χ0n) is 15.5. The lowest BCUT2D eigenvalue weighted by Gasteiger charge is -2.39. The summed E-state index contributed by atoms with van der Waals surface area (Å²) in [7, 11) is 0. The van der Waals surface area contributed by atoms with Crippen molar-refractivity contribution in [3.63, 3.8) is 0 Å². The van der Waals surface area contributed by atoms with E-state index in [1.807, 2.05) is 18.2 Å². The van der Waals surface area contributed by atoms with Crippen LogP contribution in [0, 0.1) is 0 Å². The molecular weight excluding hydrogens is 314 g/mol. The number of carbonyl (C=O) groups excluding carboxylic acids is 1. The summed E-state index contributed by atoms with van der Waals surface area (Å²) in [6, 6.07) is 10.5. The molecule has 1 aromatic rings. The van der Waals surface area contributed by atoms with Gasteiger partial charge in [0.05, 0.1) is 13.2 Å². The second-order valence-electron chi connectivity index (χ2n) is 7.34. The Bertz CT molecular complexity index is 553. The van der Waals surface area contributed by atoms with Crippen molar-refractivity contribution >= 4 is 5.91 Å². The van der Waals surface area contributed by atoms with Crippen molar-refractivity contribution in [2.45, 2.75) is 38.3 Å². The Morgan fingerprint density at radius 3 is 2.44 bits per heavy atom. The molecule has 0 saturated carbocycles. The summed E-state index contributed by atoms with van der Waals surface area (Å²) >= 11 is 0. The van der Waals surface area contributed by atoms with Gasteiger partial charge in [-0.25, -0.2) is 0 Å². The van der Waals surface area contributed by atoms with Crippen LogP contribution < -0.4 is 5.32 Å². The molecule has 0 radical (unpaired) electrons. The van der Waals surface area contributed by atoms with Crippen molar-refractivity contribution in [3.05, 3.63) is 35.9 Å². The first-order valence-corrected chi connectivity index (χ1v) is 9.53. The molecule has 2 saturated heterocycles. The normalized spacial score (nSPS) is 23.1. The summed E-state index contributed by atoms with van der Waals surface area (Å²) in [6.45, 7) is 10.4. The van der Waals surface area contributed by atoms with Crippen molar-refractivity contribution < 1.29 is 9.53 Å². The van der Waals surface area contributed by atoms with Gasteiger partial charge in [0.1, 0.15) is 5.54 Å². The highest BCUT2D eigenvalue weighted by Gasteiger charge is 2.42. The molecule has 2 fully saturated rings. The summed E-state index contributed by atoms with van der Waals surface area (Å²) in [4.78, 5) is 18.0. The molecule has 0 aliphatic carbocycles. The zero-order chi connectivity index (χ0) is 17.7. The smallest absolute Gasteiger partial charge is 0.244 e. The van der Waals surface area contributed by atoms with Crippen LogP contribution in [0.15, 0.2) is 30.3 Å². The van der Waals surface area contributed by atoms with Gasteiger partial charge in [0.15, 0.2) is 0 Å². The highest BCUT2D eigenvalue weighted by Crippen LogP contribution is 2.31. The number of rotatable bonds is 6. The second kappa shape index (κ2) is 8.30. The van der Waals surface area contributed by atoms with E-state index in [4.69, 9.17) is 4.74 Å². The van der Waals surface area contributed by atoms with Gasteiger partial charge in [0, 0.05) is 25.7 Å². The van der Waals surface area contributed by atoms with Gasteiger partial charge in [-0.05, 0) is 45.3 Å². The van der Waals surface area contributed by atoms with Crippen LogP contribution in [0.3, 0.4) is 0 Å².